The van der Waals surface area contributed by atoms with E-state index in [1.165, 1.54) is 18.2 Å². The van der Waals surface area contributed by atoms with Gasteiger partial charge in [0, 0.05) is 30.4 Å². The highest BCUT2D eigenvalue weighted by molar-refractivity contribution is 6.02. The number of non-ortho nitro benzene ring substituents is 1. The number of nitrogens with zero attached hydrogens (tertiary/aromatic N) is 4. The Bertz CT molecular complexity index is 1640. The number of rotatable bonds is 8. The van der Waals surface area contributed by atoms with Crippen molar-refractivity contribution in [3.63, 3.8) is 0 Å². The molecular weight excluding hydrogens is 520 g/mol. The second kappa shape index (κ2) is 10.8. The monoisotopic (exact) mass is 548 g/mol. The molecule has 0 bridgehead atoms. The Kier molecular flexibility index (Phi) is 6.84. The summed E-state index contributed by atoms with van der Waals surface area (Å²) in [4.78, 5) is 41.5. The van der Waals surface area contributed by atoms with Crippen molar-refractivity contribution in [1.29, 1.82) is 0 Å². The summed E-state index contributed by atoms with van der Waals surface area (Å²) in [5.41, 5.74) is 4.19. The van der Waals surface area contributed by atoms with Gasteiger partial charge in [-0.25, -0.2) is 0 Å². The number of fused-ring (bicyclic) bond motifs is 3. The number of amides is 2. The van der Waals surface area contributed by atoms with Crippen LogP contribution in [-0.4, -0.2) is 45.9 Å². The third kappa shape index (κ3) is 5.09. The van der Waals surface area contributed by atoms with Crippen molar-refractivity contribution in [2.24, 2.45) is 0 Å². The Balaban J connectivity index is 1.31. The van der Waals surface area contributed by atoms with Crippen LogP contribution in [0.15, 0.2) is 97.2 Å². The zero-order chi connectivity index (χ0) is 28.5. The largest absolute Gasteiger partial charge is 0.497 e. The van der Waals surface area contributed by atoms with Crippen LogP contribution < -0.4 is 9.64 Å². The van der Waals surface area contributed by atoms with Crippen LogP contribution in [-0.2, 0) is 9.59 Å². The number of hydrogen-bond acceptors (Lipinski definition) is 5. The van der Waals surface area contributed by atoms with Crippen molar-refractivity contribution in [3.8, 4) is 11.4 Å². The molecule has 2 heterocycles. The number of nitro groups is 1. The second-order valence-electron chi connectivity index (χ2n) is 10.1. The number of aromatic nitrogens is 1. The molecule has 1 unspecified atom stereocenters. The van der Waals surface area contributed by atoms with Gasteiger partial charge in [0.15, 0.2) is 0 Å². The highest BCUT2D eigenvalue weighted by Crippen LogP contribution is 2.43. The van der Waals surface area contributed by atoms with Gasteiger partial charge in [0.05, 0.1) is 29.1 Å². The van der Waals surface area contributed by atoms with E-state index in [1.54, 1.807) is 35.1 Å². The minimum absolute atomic E-state index is 0.00343. The van der Waals surface area contributed by atoms with Crippen molar-refractivity contribution in [1.82, 2.24) is 9.47 Å². The number of para-hydroxylation sites is 2. The molecule has 9 nitrogen and oxygen atoms in total. The van der Waals surface area contributed by atoms with E-state index in [-0.39, 0.29) is 30.1 Å². The lowest BCUT2D eigenvalue weighted by atomic mass is 9.97. The lowest BCUT2D eigenvalue weighted by Crippen LogP contribution is -2.47. The van der Waals surface area contributed by atoms with E-state index in [0.29, 0.717) is 5.56 Å². The van der Waals surface area contributed by atoms with Crippen molar-refractivity contribution in [3.05, 3.63) is 124 Å². The number of ether oxygens (including phenoxy) is 1. The summed E-state index contributed by atoms with van der Waals surface area (Å²) in [6.45, 7) is -0.0736. The minimum Gasteiger partial charge on any atom is -0.497 e. The van der Waals surface area contributed by atoms with Gasteiger partial charge in [-0.15, -0.1) is 0 Å². The first-order valence-electron chi connectivity index (χ1n) is 13.4. The number of hydrogen-bond donors (Lipinski definition) is 0. The molecule has 1 atom stereocenters. The topological polar surface area (TPSA) is 97.9 Å². The molecule has 6 rings (SSSR count). The fraction of sp³-hybridized carbons (Fsp3) is 0.188. The number of carbonyl (C=O) groups is 2. The summed E-state index contributed by atoms with van der Waals surface area (Å²) in [6, 6.07) is 25.0. The molecule has 3 aromatic carbocycles. The molecule has 9 heteroatoms. The van der Waals surface area contributed by atoms with Gasteiger partial charge in [0.1, 0.15) is 18.3 Å². The predicted molar refractivity (Wildman–Crippen MR) is 155 cm³/mol. The maximum atomic E-state index is 14.2. The molecule has 2 aliphatic rings. The Morgan fingerprint density at radius 1 is 0.976 bits per heavy atom. The van der Waals surface area contributed by atoms with Crippen LogP contribution in [0.1, 0.15) is 35.7 Å². The molecule has 0 spiro atoms. The lowest BCUT2D eigenvalue weighted by Gasteiger charge is -2.39. The number of anilines is 1. The summed E-state index contributed by atoms with van der Waals surface area (Å²) in [6.07, 6.45) is 6.73. The maximum Gasteiger partial charge on any atom is 0.269 e. The Hall–Kier alpha value is -5.18. The fourth-order valence-corrected chi connectivity index (χ4v) is 5.33. The summed E-state index contributed by atoms with van der Waals surface area (Å²) in [5, 5.41) is 10.9. The van der Waals surface area contributed by atoms with Gasteiger partial charge in [-0.2, -0.15) is 0 Å². The highest BCUT2D eigenvalue weighted by atomic mass is 16.6. The number of nitro benzene ring substituents is 1. The predicted octanol–water partition coefficient (Wildman–Crippen LogP) is 5.53. The molecule has 41 heavy (non-hydrogen) atoms. The third-order valence-corrected chi connectivity index (χ3v) is 7.52. The van der Waals surface area contributed by atoms with Gasteiger partial charge in [-0.3, -0.25) is 24.6 Å². The smallest absolute Gasteiger partial charge is 0.269 e. The molecule has 206 valence electrons. The van der Waals surface area contributed by atoms with Crippen molar-refractivity contribution in [2.45, 2.75) is 24.9 Å². The van der Waals surface area contributed by atoms with Gasteiger partial charge in [0.2, 0.25) is 11.8 Å². The third-order valence-electron chi connectivity index (χ3n) is 7.52. The van der Waals surface area contributed by atoms with Gasteiger partial charge in [-0.1, -0.05) is 24.3 Å². The van der Waals surface area contributed by atoms with E-state index >= 15 is 0 Å². The van der Waals surface area contributed by atoms with Gasteiger partial charge >= 0.3 is 0 Å². The van der Waals surface area contributed by atoms with Gasteiger partial charge in [-0.05, 0) is 78.6 Å². The lowest BCUT2D eigenvalue weighted by molar-refractivity contribution is -0.384. The summed E-state index contributed by atoms with van der Waals surface area (Å²) >= 11 is 0. The molecule has 1 fully saturated rings. The summed E-state index contributed by atoms with van der Waals surface area (Å²) in [7, 11) is 1.62. The SMILES string of the molecule is COc1ccc(C2c3cccn3-c3ccccc3N2C(=O)CN(C(=O)C=Cc2ccc([N+](=O)[O-])cc2)C2CC2)cc1. The molecule has 1 aromatic heterocycles. The summed E-state index contributed by atoms with van der Waals surface area (Å²) < 4.78 is 7.46. The first kappa shape index (κ1) is 26.1. The van der Waals surface area contributed by atoms with Crippen LogP contribution in [0.5, 0.6) is 5.75 Å². The quantitative estimate of drug-likeness (QED) is 0.164. The second-order valence-corrected chi connectivity index (χ2v) is 10.1. The molecule has 2 amide bonds. The average Bonchev–Trinajstić information content (AvgIpc) is 3.73. The first-order valence-corrected chi connectivity index (χ1v) is 13.4. The van der Waals surface area contributed by atoms with E-state index in [9.17, 15) is 19.7 Å². The molecular formula is C32H28N4O5. The molecule has 0 radical (unpaired) electrons. The number of benzene rings is 3. The Labute approximate surface area is 237 Å². The molecule has 1 aliphatic heterocycles. The van der Waals surface area contributed by atoms with Crippen molar-refractivity contribution >= 4 is 29.3 Å². The van der Waals surface area contributed by atoms with Crippen LogP contribution in [0.2, 0.25) is 0 Å². The molecule has 4 aromatic rings. The first-order chi connectivity index (χ1) is 19.9. The van der Waals surface area contributed by atoms with Crippen LogP contribution in [0.4, 0.5) is 11.4 Å². The maximum absolute atomic E-state index is 14.2. The number of methoxy groups -OCH3 is 1. The molecule has 0 saturated heterocycles. The summed E-state index contributed by atoms with van der Waals surface area (Å²) in [5.74, 6) is 0.270. The number of carbonyl (C=O) groups excluding carboxylic acids is 2. The normalized spacial score (nSPS) is 15.7. The molecule has 0 N–H and O–H groups in total. The molecule has 1 aliphatic carbocycles. The van der Waals surface area contributed by atoms with Crippen LogP contribution >= 0.6 is 0 Å². The zero-order valence-electron chi connectivity index (χ0n) is 22.4. The Morgan fingerprint density at radius 3 is 2.34 bits per heavy atom. The van der Waals surface area contributed by atoms with E-state index in [1.807, 2.05) is 66.9 Å². The van der Waals surface area contributed by atoms with E-state index in [2.05, 4.69) is 4.57 Å². The van der Waals surface area contributed by atoms with Crippen LogP contribution in [0.3, 0.4) is 0 Å². The van der Waals surface area contributed by atoms with Crippen molar-refractivity contribution in [2.75, 3.05) is 18.6 Å². The fourth-order valence-electron chi connectivity index (χ4n) is 5.33. The van der Waals surface area contributed by atoms with Gasteiger partial charge < -0.3 is 14.2 Å². The average molecular weight is 549 g/mol. The highest BCUT2D eigenvalue weighted by Gasteiger charge is 2.39. The van der Waals surface area contributed by atoms with Crippen LogP contribution in [0, 0.1) is 10.1 Å². The standard InChI is InChI=1S/C32H28N4O5/c1-41-26-17-11-23(12-18-26)32-29-7-4-20-33(29)27-5-2-3-6-28(27)35(32)31(38)21-34(24-15-16-24)30(37)19-10-22-8-13-25(14-9-22)36(39)40/h2-14,17-20,24,32H,15-16,21H2,1H3. The zero-order valence-corrected chi connectivity index (χ0v) is 22.4. The van der Waals surface area contributed by atoms with E-state index < -0.39 is 11.0 Å². The van der Waals surface area contributed by atoms with E-state index in [4.69, 9.17) is 4.74 Å². The van der Waals surface area contributed by atoms with Crippen molar-refractivity contribution < 1.29 is 19.2 Å². The van der Waals surface area contributed by atoms with E-state index in [0.717, 1.165) is 41.2 Å². The van der Waals surface area contributed by atoms with Gasteiger partial charge in [0.25, 0.3) is 5.69 Å². The minimum atomic E-state index is -0.464. The van der Waals surface area contributed by atoms with Crippen LogP contribution in [0.25, 0.3) is 11.8 Å². The molecule has 1 saturated carbocycles. The Morgan fingerprint density at radius 2 is 1.68 bits per heavy atom.